The first-order valence-corrected chi connectivity index (χ1v) is 9.53. The molecule has 0 aliphatic heterocycles. The Morgan fingerprint density at radius 3 is 2.36 bits per heavy atom. The number of aromatic amines is 1. The number of aryl methyl sites for hydroxylation is 2. The van der Waals surface area contributed by atoms with E-state index in [1.807, 2.05) is 26.0 Å². The van der Waals surface area contributed by atoms with Crippen LogP contribution < -0.4 is 16.6 Å². The third-order valence-electron chi connectivity index (χ3n) is 5.01. The van der Waals surface area contributed by atoms with Crippen LogP contribution in [0.15, 0.2) is 21.7 Å². The third kappa shape index (κ3) is 4.11. The summed E-state index contributed by atoms with van der Waals surface area (Å²) in [4.78, 5) is 47.9. The van der Waals surface area contributed by atoms with Crippen LogP contribution in [0.25, 0.3) is 22.2 Å². The highest BCUT2D eigenvalue weighted by Gasteiger charge is 2.12. The van der Waals surface area contributed by atoms with Gasteiger partial charge in [0.1, 0.15) is 0 Å². The first-order chi connectivity index (χ1) is 13.4. The molecule has 0 bridgehead atoms. The van der Waals surface area contributed by atoms with E-state index in [4.69, 9.17) is 0 Å². The molecule has 0 aliphatic rings. The van der Waals surface area contributed by atoms with Crippen LogP contribution in [0.2, 0.25) is 0 Å². The zero-order chi connectivity index (χ0) is 20.3. The summed E-state index contributed by atoms with van der Waals surface area (Å²) in [6, 6.07) is 3.80. The number of rotatable bonds is 7. The summed E-state index contributed by atoms with van der Waals surface area (Å²) < 4.78 is 1.18. The fourth-order valence-electron chi connectivity index (χ4n) is 3.17. The third-order valence-corrected chi connectivity index (χ3v) is 5.01. The van der Waals surface area contributed by atoms with Gasteiger partial charge >= 0.3 is 5.69 Å². The molecule has 8 nitrogen and oxygen atoms in total. The zero-order valence-electron chi connectivity index (χ0n) is 16.5. The number of carbonyl (C=O) groups excluding carboxylic acids is 1. The molecule has 0 spiro atoms. The van der Waals surface area contributed by atoms with E-state index < -0.39 is 11.2 Å². The highest BCUT2D eigenvalue weighted by atomic mass is 16.2. The van der Waals surface area contributed by atoms with Crippen LogP contribution in [0.4, 0.5) is 0 Å². The molecule has 0 saturated heterocycles. The minimum Gasteiger partial charge on any atom is -0.359 e. The molecule has 148 valence electrons. The number of nitrogens with zero attached hydrogens (tertiary/aromatic N) is 3. The summed E-state index contributed by atoms with van der Waals surface area (Å²) >= 11 is 0. The Labute approximate surface area is 162 Å². The molecule has 1 amide bonds. The Kier molecular flexibility index (Phi) is 5.87. The summed E-state index contributed by atoms with van der Waals surface area (Å²) in [6.45, 7) is 4.28. The predicted molar refractivity (Wildman–Crippen MR) is 109 cm³/mol. The molecule has 2 N–H and O–H groups in total. The van der Waals surface area contributed by atoms with Crippen LogP contribution in [-0.4, -0.2) is 32.5 Å². The fourth-order valence-corrected chi connectivity index (χ4v) is 3.17. The van der Waals surface area contributed by atoms with Crippen LogP contribution in [0.3, 0.4) is 0 Å². The van der Waals surface area contributed by atoms with E-state index in [1.54, 1.807) is 7.05 Å². The number of benzene rings is 1. The molecule has 28 heavy (non-hydrogen) atoms. The summed E-state index contributed by atoms with van der Waals surface area (Å²) in [5.41, 5.74) is 2.94. The van der Waals surface area contributed by atoms with Gasteiger partial charge in [-0.1, -0.05) is 12.8 Å². The normalized spacial score (nSPS) is 11.2. The Bertz CT molecular complexity index is 1150. The number of H-pyrrole nitrogens is 1. The molecule has 2 aromatic heterocycles. The lowest BCUT2D eigenvalue weighted by Crippen LogP contribution is -2.35. The molecule has 0 aliphatic carbocycles. The molecule has 0 radical (unpaired) electrons. The number of aromatic nitrogens is 4. The van der Waals surface area contributed by atoms with E-state index in [0.29, 0.717) is 30.4 Å². The van der Waals surface area contributed by atoms with Crippen molar-refractivity contribution in [3.8, 4) is 0 Å². The van der Waals surface area contributed by atoms with Crippen molar-refractivity contribution in [2.45, 2.75) is 52.5 Å². The van der Waals surface area contributed by atoms with Crippen LogP contribution in [-0.2, 0) is 11.3 Å². The van der Waals surface area contributed by atoms with Crippen LogP contribution >= 0.6 is 0 Å². The SMILES string of the molecule is CNC(=O)CCCCCCn1c(=O)[nH]c2nc3cc(C)c(C)cc3nc2c1=O. The lowest BCUT2D eigenvalue weighted by atomic mass is 10.1. The van der Waals surface area contributed by atoms with Crippen molar-refractivity contribution >= 4 is 28.1 Å². The molecule has 1 aromatic carbocycles. The van der Waals surface area contributed by atoms with Crippen molar-refractivity contribution in [2.24, 2.45) is 0 Å². The second-order valence-corrected chi connectivity index (χ2v) is 7.07. The van der Waals surface area contributed by atoms with Crippen molar-refractivity contribution in [3.05, 3.63) is 44.1 Å². The molecular formula is C20H25N5O3. The molecule has 3 rings (SSSR count). The topological polar surface area (TPSA) is 110 Å². The predicted octanol–water partition coefficient (Wildman–Crippen LogP) is 1.95. The fraction of sp³-hybridized carbons (Fsp3) is 0.450. The van der Waals surface area contributed by atoms with E-state index in [2.05, 4.69) is 20.3 Å². The Balaban J connectivity index is 1.80. The summed E-state index contributed by atoms with van der Waals surface area (Å²) in [6.07, 6.45) is 3.68. The Morgan fingerprint density at radius 2 is 1.68 bits per heavy atom. The number of hydrogen-bond acceptors (Lipinski definition) is 5. The minimum atomic E-state index is -0.472. The smallest absolute Gasteiger partial charge is 0.330 e. The highest BCUT2D eigenvalue weighted by Crippen LogP contribution is 2.17. The number of fused-ring (bicyclic) bond motifs is 2. The van der Waals surface area contributed by atoms with Gasteiger partial charge in [0.25, 0.3) is 5.56 Å². The lowest BCUT2D eigenvalue weighted by Gasteiger charge is -2.08. The molecule has 0 fully saturated rings. The van der Waals surface area contributed by atoms with Gasteiger partial charge in [-0.25, -0.2) is 14.8 Å². The van der Waals surface area contributed by atoms with Gasteiger partial charge < -0.3 is 5.32 Å². The molecule has 2 heterocycles. The molecule has 8 heteroatoms. The molecule has 0 unspecified atom stereocenters. The first-order valence-electron chi connectivity index (χ1n) is 9.53. The van der Waals surface area contributed by atoms with E-state index in [9.17, 15) is 14.4 Å². The van der Waals surface area contributed by atoms with Crippen LogP contribution in [0, 0.1) is 13.8 Å². The van der Waals surface area contributed by atoms with Gasteiger partial charge in [-0.15, -0.1) is 0 Å². The maximum atomic E-state index is 12.8. The molecular weight excluding hydrogens is 358 g/mol. The van der Waals surface area contributed by atoms with Gasteiger partial charge in [0.2, 0.25) is 5.91 Å². The zero-order valence-corrected chi connectivity index (χ0v) is 16.5. The van der Waals surface area contributed by atoms with Gasteiger partial charge in [-0.3, -0.25) is 19.1 Å². The second-order valence-electron chi connectivity index (χ2n) is 7.07. The molecule has 3 aromatic rings. The standard InChI is InChI=1S/C20H25N5O3/c1-12-10-14-15(11-13(12)2)23-18-17(22-14)19(27)25(20(28)24-18)9-7-5-4-6-8-16(26)21-3/h10-11H,4-9H2,1-3H3,(H,21,26)(H,23,24,28). The maximum absolute atomic E-state index is 12.8. The van der Waals surface area contributed by atoms with Gasteiger partial charge in [-0.05, 0) is 49.9 Å². The largest absolute Gasteiger partial charge is 0.359 e. The van der Waals surface area contributed by atoms with Crippen molar-refractivity contribution < 1.29 is 4.79 Å². The average Bonchev–Trinajstić information content (AvgIpc) is 2.66. The summed E-state index contributed by atoms with van der Waals surface area (Å²) in [7, 11) is 1.62. The van der Waals surface area contributed by atoms with Crippen molar-refractivity contribution in [1.29, 1.82) is 0 Å². The first kappa shape index (κ1) is 19.7. The minimum absolute atomic E-state index is 0.0263. The van der Waals surface area contributed by atoms with Crippen LogP contribution in [0.1, 0.15) is 43.2 Å². The van der Waals surface area contributed by atoms with E-state index in [-0.39, 0.29) is 17.1 Å². The van der Waals surface area contributed by atoms with Gasteiger partial charge in [0.05, 0.1) is 11.0 Å². The Hall–Kier alpha value is -3.03. The quantitative estimate of drug-likeness (QED) is 0.479. The van der Waals surface area contributed by atoms with Crippen molar-refractivity contribution in [2.75, 3.05) is 7.05 Å². The number of nitrogens with one attached hydrogen (secondary N) is 2. The molecule has 0 saturated carbocycles. The van der Waals surface area contributed by atoms with E-state index in [1.165, 1.54) is 4.57 Å². The number of unbranched alkanes of at least 4 members (excludes halogenated alkanes) is 3. The highest BCUT2D eigenvalue weighted by molar-refractivity contribution is 5.84. The van der Waals surface area contributed by atoms with E-state index in [0.717, 1.165) is 30.4 Å². The second kappa shape index (κ2) is 8.33. The van der Waals surface area contributed by atoms with Crippen molar-refractivity contribution in [3.63, 3.8) is 0 Å². The van der Waals surface area contributed by atoms with Crippen molar-refractivity contribution in [1.82, 2.24) is 24.8 Å². The Morgan fingerprint density at radius 1 is 1.04 bits per heavy atom. The van der Waals surface area contributed by atoms with Crippen LogP contribution in [0.5, 0.6) is 0 Å². The average molecular weight is 383 g/mol. The summed E-state index contributed by atoms with van der Waals surface area (Å²) in [5, 5.41) is 2.59. The lowest BCUT2D eigenvalue weighted by molar-refractivity contribution is -0.120. The summed E-state index contributed by atoms with van der Waals surface area (Å²) in [5.74, 6) is 0.0263. The number of carbonyl (C=O) groups is 1. The van der Waals surface area contributed by atoms with Gasteiger partial charge in [-0.2, -0.15) is 0 Å². The van der Waals surface area contributed by atoms with Gasteiger partial charge in [0, 0.05) is 20.0 Å². The van der Waals surface area contributed by atoms with Gasteiger partial charge in [0.15, 0.2) is 11.2 Å². The maximum Gasteiger partial charge on any atom is 0.330 e. The monoisotopic (exact) mass is 383 g/mol. The van der Waals surface area contributed by atoms with E-state index >= 15 is 0 Å². The number of hydrogen-bond donors (Lipinski definition) is 2. The number of amides is 1. The molecule has 0 atom stereocenters.